The van der Waals surface area contributed by atoms with E-state index in [-0.39, 0.29) is 0 Å². The largest absolute Gasteiger partial charge is 0.303 e. The highest BCUT2D eigenvalue weighted by molar-refractivity contribution is 7.98. The first-order chi connectivity index (χ1) is 8.88. The van der Waals surface area contributed by atoms with E-state index in [2.05, 4.69) is 26.7 Å². The van der Waals surface area contributed by atoms with Crippen molar-refractivity contribution in [3.8, 4) is 0 Å². The smallest absolute Gasteiger partial charge is 0.191 e. The van der Waals surface area contributed by atoms with Crippen LogP contribution in [0.25, 0.3) is 0 Å². The fourth-order valence-corrected chi connectivity index (χ4v) is 2.91. The molecule has 1 fully saturated rings. The van der Waals surface area contributed by atoms with Gasteiger partial charge in [0.25, 0.3) is 0 Å². The van der Waals surface area contributed by atoms with Crippen molar-refractivity contribution >= 4 is 11.8 Å². The molecule has 0 aliphatic heterocycles. The minimum absolute atomic E-state index is 0.640. The summed E-state index contributed by atoms with van der Waals surface area (Å²) in [5, 5.41) is 9.63. The maximum atomic E-state index is 4.33. The van der Waals surface area contributed by atoms with Gasteiger partial charge < -0.3 is 4.57 Å². The third-order valence-electron chi connectivity index (χ3n) is 3.04. The molecule has 2 heterocycles. The molecule has 1 saturated carbocycles. The third-order valence-corrected chi connectivity index (χ3v) is 4.02. The van der Waals surface area contributed by atoms with Gasteiger partial charge in [0.1, 0.15) is 5.82 Å². The van der Waals surface area contributed by atoms with Gasteiger partial charge >= 0.3 is 0 Å². The first kappa shape index (κ1) is 11.7. The van der Waals surface area contributed by atoms with Crippen molar-refractivity contribution in [2.45, 2.75) is 43.1 Å². The molecule has 1 aliphatic rings. The summed E-state index contributed by atoms with van der Waals surface area (Å²) in [6.45, 7) is 2.14. The molecule has 0 unspecified atom stereocenters. The minimum atomic E-state index is 0.640. The van der Waals surface area contributed by atoms with Gasteiger partial charge in [-0.2, -0.15) is 0 Å². The van der Waals surface area contributed by atoms with E-state index in [0.29, 0.717) is 6.04 Å². The second kappa shape index (κ2) is 5.10. The van der Waals surface area contributed by atoms with Crippen LogP contribution in [0.3, 0.4) is 0 Å². The molecule has 18 heavy (non-hydrogen) atoms. The summed E-state index contributed by atoms with van der Waals surface area (Å²) in [7, 11) is 0. The van der Waals surface area contributed by atoms with Crippen LogP contribution >= 0.6 is 11.8 Å². The molecular weight excluding hydrogens is 244 g/mol. The highest BCUT2D eigenvalue weighted by Crippen LogP contribution is 2.39. The van der Waals surface area contributed by atoms with Crippen LogP contribution in [0.5, 0.6) is 0 Å². The molecule has 0 bridgehead atoms. The topological polar surface area (TPSA) is 43.6 Å². The van der Waals surface area contributed by atoms with Gasteiger partial charge in [0.2, 0.25) is 0 Å². The summed E-state index contributed by atoms with van der Waals surface area (Å²) in [5.41, 5.74) is 1.09. The van der Waals surface area contributed by atoms with Crippen molar-refractivity contribution < 1.29 is 0 Å². The first-order valence-corrected chi connectivity index (χ1v) is 7.33. The summed E-state index contributed by atoms with van der Waals surface area (Å²) in [5.74, 6) is 1.97. The number of hydrogen-bond donors (Lipinski definition) is 0. The van der Waals surface area contributed by atoms with Crippen molar-refractivity contribution in [2.24, 2.45) is 0 Å². The number of aryl methyl sites for hydroxylation is 1. The van der Waals surface area contributed by atoms with E-state index in [1.54, 1.807) is 11.8 Å². The van der Waals surface area contributed by atoms with E-state index in [1.807, 2.05) is 24.4 Å². The zero-order valence-corrected chi connectivity index (χ0v) is 11.2. The molecule has 0 radical (unpaired) electrons. The first-order valence-electron chi connectivity index (χ1n) is 6.35. The van der Waals surface area contributed by atoms with Crippen LogP contribution in [0.4, 0.5) is 0 Å². The van der Waals surface area contributed by atoms with Gasteiger partial charge in [-0.3, -0.25) is 4.98 Å². The zero-order valence-electron chi connectivity index (χ0n) is 10.4. The zero-order chi connectivity index (χ0) is 12.4. The Morgan fingerprint density at radius 2 is 2.22 bits per heavy atom. The van der Waals surface area contributed by atoms with Gasteiger partial charge in [0.15, 0.2) is 5.16 Å². The molecule has 0 amide bonds. The van der Waals surface area contributed by atoms with Crippen molar-refractivity contribution in [1.29, 1.82) is 0 Å². The van der Waals surface area contributed by atoms with Gasteiger partial charge in [0, 0.05) is 24.4 Å². The number of hydrogen-bond acceptors (Lipinski definition) is 4. The van der Waals surface area contributed by atoms with Crippen molar-refractivity contribution in [3.05, 3.63) is 35.9 Å². The average Bonchev–Trinajstić information content (AvgIpc) is 3.18. The second-order valence-electron chi connectivity index (χ2n) is 4.46. The Morgan fingerprint density at radius 3 is 2.89 bits per heavy atom. The molecular formula is C13H16N4S. The lowest BCUT2D eigenvalue weighted by molar-refractivity contribution is 0.630. The lowest BCUT2D eigenvalue weighted by atomic mass is 10.4. The van der Waals surface area contributed by atoms with Crippen LogP contribution in [-0.2, 0) is 12.2 Å². The van der Waals surface area contributed by atoms with Crippen LogP contribution in [0.2, 0.25) is 0 Å². The molecule has 1 aliphatic carbocycles. The average molecular weight is 260 g/mol. The normalized spacial score (nSPS) is 14.9. The molecule has 2 aromatic heterocycles. The molecule has 5 heteroatoms. The number of thioether (sulfide) groups is 1. The maximum absolute atomic E-state index is 4.33. The fraction of sp³-hybridized carbons (Fsp3) is 0.462. The summed E-state index contributed by atoms with van der Waals surface area (Å²) < 4.78 is 2.31. The van der Waals surface area contributed by atoms with Gasteiger partial charge in [-0.05, 0) is 25.0 Å². The Balaban J connectivity index is 1.74. The van der Waals surface area contributed by atoms with E-state index >= 15 is 0 Å². The predicted molar refractivity (Wildman–Crippen MR) is 71.5 cm³/mol. The lowest BCUT2D eigenvalue weighted by Gasteiger charge is -2.06. The molecule has 0 atom stereocenters. The monoisotopic (exact) mass is 260 g/mol. The van der Waals surface area contributed by atoms with Crippen LogP contribution in [0.15, 0.2) is 29.6 Å². The number of aromatic nitrogens is 4. The molecule has 2 aromatic rings. The highest BCUT2D eigenvalue weighted by atomic mass is 32.2. The summed E-state index contributed by atoms with van der Waals surface area (Å²) >= 11 is 1.73. The number of pyridine rings is 1. The Kier molecular flexibility index (Phi) is 3.32. The third kappa shape index (κ3) is 2.41. The van der Waals surface area contributed by atoms with Gasteiger partial charge in [-0.15, -0.1) is 10.2 Å². The molecule has 3 rings (SSSR count). The minimum Gasteiger partial charge on any atom is -0.303 e. The predicted octanol–water partition coefficient (Wildman–Crippen LogP) is 2.86. The van der Waals surface area contributed by atoms with Crippen LogP contribution in [-0.4, -0.2) is 19.7 Å². The SMILES string of the molecule is CCc1nnc(SCc2ccccn2)n1C1CC1. The standard InChI is InChI=1S/C13H16N4S/c1-2-12-15-16-13(17(12)11-6-7-11)18-9-10-5-3-4-8-14-10/h3-5,8,11H,2,6-7,9H2,1H3. The van der Waals surface area contributed by atoms with E-state index in [4.69, 9.17) is 0 Å². The van der Waals surface area contributed by atoms with Gasteiger partial charge in [-0.25, -0.2) is 0 Å². The quantitative estimate of drug-likeness (QED) is 0.775. The molecule has 0 spiro atoms. The Hall–Kier alpha value is -1.36. The van der Waals surface area contributed by atoms with Crippen molar-refractivity contribution in [2.75, 3.05) is 0 Å². The van der Waals surface area contributed by atoms with Gasteiger partial charge in [-0.1, -0.05) is 24.8 Å². The Bertz CT molecular complexity index is 519. The van der Waals surface area contributed by atoms with Crippen LogP contribution in [0, 0.1) is 0 Å². The molecule has 4 nitrogen and oxygen atoms in total. The van der Waals surface area contributed by atoms with E-state index in [9.17, 15) is 0 Å². The lowest BCUT2D eigenvalue weighted by Crippen LogP contribution is -2.02. The molecule has 0 N–H and O–H groups in total. The Morgan fingerprint density at radius 1 is 1.33 bits per heavy atom. The van der Waals surface area contributed by atoms with Crippen molar-refractivity contribution in [1.82, 2.24) is 19.7 Å². The van der Waals surface area contributed by atoms with Gasteiger partial charge in [0.05, 0.1) is 5.69 Å². The molecule has 94 valence electrons. The second-order valence-corrected chi connectivity index (χ2v) is 5.41. The van der Waals surface area contributed by atoms with Crippen molar-refractivity contribution in [3.63, 3.8) is 0 Å². The van der Waals surface area contributed by atoms with Crippen LogP contribution < -0.4 is 0 Å². The van der Waals surface area contributed by atoms with E-state index in [0.717, 1.165) is 28.8 Å². The molecule has 0 saturated heterocycles. The van der Waals surface area contributed by atoms with E-state index in [1.165, 1.54) is 12.8 Å². The highest BCUT2D eigenvalue weighted by Gasteiger charge is 2.28. The van der Waals surface area contributed by atoms with E-state index < -0.39 is 0 Å². The Labute approximate surface area is 111 Å². The summed E-state index contributed by atoms with van der Waals surface area (Å²) in [6.07, 6.45) is 5.32. The summed E-state index contributed by atoms with van der Waals surface area (Å²) in [6, 6.07) is 6.65. The number of rotatable bonds is 5. The number of nitrogens with zero attached hydrogens (tertiary/aromatic N) is 4. The fourth-order valence-electron chi connectivity index (χ4n) is 1.97. The summed E-state index contributed by atoms with van der Waals surface area (Å²) in [4.78, 5) is 4.33. The van der Waals surface area contributed by atoms with Crippen LogP contribution in [0.1, 0.15) is 37.3 Å². The molecule has 0 aromatic carbocycles. The maximum Gasteiger partial charge on any atom is 0.191 e.